The number of fused-ring (bicyclic) bond motifs is 2. The Balaban J connectivity index is 1.74. The summed E-state index contributed by atoms with van der Waals surface area (Å²) >= 11 is 0. The highest BCUT2D eigenvalue weighted by Crippen LogP contribution is 2.33. The van der Waals surface area contributed by atoms with E-state index >= 15 is 0 Å². The largest absolute Gasteiger partial charge is 0.418 e. The van der Waals surface area contributed by atoms with Crippen LogP contribution in [0.2, 0.25) is 0 Å². The highest BCUT2D eigenvalue weighted by atomic mass is 32.3. The Hall–Kier alpha value is -1.85. The number of hydroxylamine groups is 2. The molecule has 0 saturated carbocycles. The maximum Gasteiger partial charge on any atom is 0.418 e. The number of oxime groups is 1. The van der Waals surface area contributed by atoms with Crippen LogP contribution >= 0.6 is 0 Å². The van der Waals surface area contributed by atoms with E-state index < -0.39 is 28.6 Å². The Morgan fingerprint density at radius 2 is 2.23 bits per heavy atom. The molecule has 2 bridgehead atoms. The minimum atomic E-state index is -4.74. The fraction of sp³-hybridized carbons (Fsp3) is 0.636. The molecule has 2 fully saturated rings. The summed E-state index contributed by atoms with van der Waals surface area (Å²) in [6.07, 6.45) is 1.15. The molecule has 0 aromatic rings. The smallest absolute Gasteiger partial charge is 0.399 e. The first-order chi connectivity index (χ1) is 10.3. The van der Waals surface area contributed by atoms with Crippen LogP contribution in [0.4, 0.5) is 4.79 Å². The second-order valence-corrected chi connectivity index (χ2v) is 6.47. The molecule has 122 valence electrons. The van der Waals surface area contributed by atoms with E-state index in [4.69, 9.17) is 15.1 Å². The number of amides is 2. The van der Waals surface area contributed by atoms with Gasteiger partial charge in [-0.1, -0.05) is 11.7 Å². The van der Waals surface area contributed by atoms with Gasteiger partial charge in [0.15, 0.2) is 6.10 Å². The van der Waals surface area contributed by atoms with Crippen molar-refractivity contribution in [3.63, 3.8) is 0 Å². The van der Waals surface area contributed by atoms with Crippen LogP contribution in [0, 0.1) is 0 Å². The summed E-state index contributed by atoms with van der Waals surface area (Å²) in [5.41, 5.74) is 6.61. The molecule has 0 aromatic heterocycles. The van der Waals surface area contributed by atoms with Crippen molar-refractivity contribution in [2.24, 2.45) is 10.9 Å². The van der Waals surface area contributed by atoms with Gasteiger partial charge < -0.3 is 15.5 Å². The minimum Gasteiger partial charge on any atom is -0.399 e. The zero-order chi connectivity index (χ0) is 16.1. The van der Waals surface area contributed by atoms with Crippen molar-refractivity contribution in [1.82, 2.24) is 9.96 Å². The fourth-order valence-electron chi connectivity index (χ4n) is 2.97. The summed E-state index contributed by atoms with van der Waals surface area (Å²) in [4.78, 5) is 18.9. The SMILES string of the molecule is C=C(N)[C@H]1CC([C@@H]2CCC3CN2C(=O)N3OS(=O)(=O)O)=NO1. The Morgan fingerprint density at radius 3 is 2.82 bits per heavy atom. The van der Waals surface area contributed by atoms with E-state index in [1.807, 2.05) is 0 Å². The molecule has 3 N–H and O–H groups in total. The molecule has 10 nitrogen and oxygen atoms in total. The van der Waals surface area contributed by atoms with Gasteiger partial charge in [-0.05, 0) is 12.8 Å². The number of urea groups is 1. The number of piperidine rings is 1. The molecule has 3 aliphatic rings. The van der Waals surface area contributed by atoms with Crippen LogP contribution in [0.25, 0.3) is 0 Å². The Morgan fingerprint density at radius 1 is 1.50 bits per heavy atom. The number of hydrogen-bond donors (Lipinski definition) is 2. The lowest BCUT2D eigenvalue weighted by Gasteiger charge is -2.29. The predicted molar refractivity (Wildman–Crippen MR) is 73.6 cm³/mol. The van der Waals surface area contributed by atoms with E-state index in [9.17, 15) is 13.2 Å². The molecule has 0 aliphatic carbocycles. The Bertz CT molecular complexity index is 647. The molecule has 2 amide bonds. The first-order valence-corrected chi connectivity index (χ1v) is 8.06. The summed E-state index contributed by atoms with van der Waals surface area (Å²) in [6, 6.07) is -1.35. The van der Waals surface area contributed by atoms with E-state index in [1.165, 1.54) is 4.90 Å². The van der Waals surface area contributed by atoms with Crippen LogP contribution < -0.4 is 5.73 Å². The quantitative estimate of drug-likeness (QED) is 0.669. The van der Waals surface area contributed by atoms with Crippen molar-refractivity contribution in [1.29, 1.82) is 0 Å². The summed E-state index contributed by atoms with van der Waals surface area (Å²) in [7, 11) is -4.74. The molecule has 3 heterocycles. The molecular weight excluding hydrogens is 316 g/mol. The lowest BCUT2D eigenvalue weighted by molar-refractivity contribution is -0.0316. The van der Waals surface area contributed by atoms with Crippen LogP contribution in [0.15, 0.2) is 17.4 Å². The highest BCUT2D eigenvalue weighted by molar-refractivity contribution is 7.80. The molecule has 3 atom stereocenters. The van der Waals surface area contributed by atoms with E-state index in [-0.39, 0.29) is 6.04 Å². The van der Waals surface area contributed by atoms with Crippen molar-refractivity contribution in [3.05, 3.63) is 12.3 Å². The second-order valence-electron chi connectivity index (χ2n) is 5.47. The van der Waals surface area contributed by atoms with Gasteiger partial charge >= 0.3 is 16.4 Å². The van der Waals surface area contributed by atoms with Crippen LogP contribution in [0.1, 0.15) is 19.3 Å². The molecule has 0 radical (unpaired) electrons. The number of nitrogens with two attached hydrogens (primary N) is 1. The van der Waals surface area contributed by atoms with Gasteiger partial charge in [0, 0.05) is 18.7 Å². The van der Waals surface area contributed by atoms with Gasteiger partial charge in [-0.15, -0.1) is 4.28 Å². The van der Waals surface area contributed by atoms with Gasteiger partial charge in [0.05, 0.1) is 17.8 Å². The summed E-state index contributed by atoms with van der Waals surface area (Å²) in [5, 5.41) is 4.67. The van der Waals surface area contributed by atoms with Crippen molar-refractivity contribution in [2.75, 3.05) is 6.54 Å². The van der Waals surface area contributed by atoms with Gasteiger partial charge in [0.2, 0.25) is 0 Å². The van der Waals surface area contributed by atoms with Crippen molar-refractivity contribution in [3.8, 4) is 0 Å². The van der Waals surface area contributed by atoms with Gasteiger partial charge in [0.1, 0.15) is 0 Å². The zero-order valence-corrected chi connectivity index (χ0v) is 12.4. The predicted octanol–water partition coefficient (Wildman–Crippen LogP) is -0.393. The minimum absolute atomic E-state index is 0.298. The van der Waals surface area contributed by atoms with Crippen LogP contribution in [0.3, 0.4) is 0 Å². The molecule has 3 rings (SSSR count). The van der Waals surface area contributed by atoms with Crippen LogP contribution in [-0.2, 0) is 19.5 Å². The summed E-state index contributed by atoms with van der Waals surface area (Å²) < 4.78 is 34.8. The van der Waals surface area contributed by atoms with E-state index in [0.29, 0.717) is 42.3 Å². The second kappa shape index (κ2) is 5.11. The fourth-order valence-corrected chi connectivity index (χ4v) is 3.36. The van der Waals surface area contributed by atoms with Gasteiger partial charge in [-0.2, -0.15) is 13.5 Å². The molecule has 2 saturated heterocycles. The van der Waals surface area contributed by atoms with Gasteiger partial charge in [-0.25, -0.2) is 4.79 Å². The lowest BCUT2D eigenvalue weighted by atomic mass is 9.94. The van der Waals surface area contributed by atoms with E-state index in [1.54, 1.807) is 0 Å². The first-order valence-electron chi connectivity index (χ1n) is 6.70. The average molecular weight is 332 g/mol. The number of nitrogens with zero attached hydrogens (tertiary/aromatic N) is 3. The summed E-state index contributed by atoms with van der Waals surface area (Å²) in [5.74, 6) is 0. The highest BCUT2D eigenvalue weighted by Gasteiger charge is 2.49. The molecule has 1 unspecified atom stereocenters. The zero-order valence-electron chi connectivity index (χ0n) is 11.6. The van der Waals surface area contributed by atoms with Gasteiger partial charge in [0.25, 0.3) is 0 Å². The maximum absolute atomic E-state index is 12.3. The molecule has 22 heavy (non-hydrogen) atoms. The molecule has 3 aliphatic heterocycles. The first kappa shape index (κ1) is 15.1. The normalized spacial score (nSPS) is 31.2. The van der Waals surface area contributed by atoms with Crippen LogP contribution in [0.5, 0.6) is 0 Å². The average Bonchev–Trinajstić information content (AvgIpc) is 2.99. The van der Waals surface area contributed by atoms with E-state index in [2.05, 4.69) is 16.0 Å². The number of carbonyl (C=O) groups is 1. The third-order valence-electron chi connectivity index (χ3n) is 3.99. The van der Waals surface area contributed by atoms with Crippen molar-refractivity contribution < 1.29 is 26.9 Å². The third-order valence-corrected chi connectivity index (χ3v) is 4.34. The van der Waals surface area contributed by atoms with Crippen molar-refractivity contribution >= 4 is 22.1 Å². The molecular formula is C11H16N4O6S. The number of carbonyl (C=O) groups excluding carboxylic acids is 1. The molecule has 11 heteroatoms. The summed E-state index contributed by atoms with van der Waals surface area (Å²) in [6.45, 7) is 3.91. The lowest BCUT2D eigenvalue weighted by Crippen LogP contribution is -2.45. The van der Waals surface area contributed by atoms with Gasteiger partial charge in [-0.3, -0.25) is 4.55 Å². The molecule has 0 aromatic carbocycles. The number of hydrogen-bond acceptors (Lipinski definition) is 7. The van der Waals surface area contributed by atoms with E-state index in [0.717, 1.165) is 0 Å². The Labute approximate surface area is 127 Å². The topological polar surface area (TPSA) is 135 Å². The maximum atomic E-state index is 12.3. The monoisotopic (exact) mass is 332 g/mol. The van der Waals surface area contributed by atoms with Crippen molar-refractivity contribution in [2.45, 2.75) is 37.5 Å². The Kier molecular flexibility index (Phi) is 3.50. The van der Waals surface area contributed by atoms with Crippen LogP contribution in [-0.4, -0.2) is 59.4 Å². The standard InChI is InChI=1S/C11H16N4O6S/c1-6(12)10-4-8(13-20-10)9-3-2-7-5-14(9)11(16)15(7)21-22(17,18)19/h7,9-10H,1-5,12H2,(H,17,18,19)/t7?,9-,10+/m0/s1. The third kappa shape index (κ3) is 2.62. The molecule has 0 spiro atoms. The number of rotatable bonds is 4.